The van der Waals surface area contributed by atoms with Crippen LogP contribution in [0.15, 0.2) is 0 Å². The molecule has 0 radical (unpaired) electrons. The Hall–Kier alpha value is -0.490. The van der Waals surface area contributed by atoms with Gasteiger partial charge in [-0.05, 0) is 19.8 Å². The van der Waals surface area contributed by atoms with Crippen molar-refractivity contribution in [3.63, 3.8) is 0 Å². The van der Waals surface area contributed by atoms with Gasteiger partial charge in [0.15, 0.2) is 0 Å². The molecule has 198 valence electrons. The lowest BCUT2D eigenvalue weighted by Gasteiger charge is -2.32. The minimum atomic E-state index is -0.647. The van der Waals surface area contributed by atoms with Crippen molar-refractivity contribution in [2.24, 2.45) is 0 Å². The van der Waals surface area contributed by atoms with E-state index in [0.29, 0.717) is 25.9 Å². The second-order valence-electron chi connectivity index (χ2n) is 10.1. The molecule has 0 amide bonds. The number of Topliss-reactive ketones (excluding diaryl/α,β-unsaturated/α-hetero) is 1. The maximum absolute atomic E-state index is 12.0. The van der Waals surface area contributed by atoms with Crippen molar-refractivity contribution < 1.29 is 20.1 Å². The van der Waals surface area contributed by atoms with Crippen molar-refractivity contribution in [1.82, 2.24) is 4.90 Å². The van der Waals surface area contributed by atoms with E-state index >= 15 is 0 Å². The van der Waals surface area contributed by atoms with Crippen LogP contribution in [0.1, 0.15) is 136 Å². The first-order chi connectivity index (χ1) is 16.0. The van der Waals surface area contributed by atoms with E-state index in [9.17, 15) is 20.1 Å². The number of hydrogen-bond donors (Lipinski definition) is 3. The summed E-state index contributed by atoms with van der Waals surface area (Å²) in [6.07, 6.45) is 19.9. The molecule has 0 aromatic carbocycles. The molecule has 0 aliphatic rings. The van der Waals surface area contributed by atoms with Crippen LogP contribution in [-0.2, 0) is 4.79 Å². The molecule has 0 rings (SSSR count). The number of ketones is 1. The number of carbonyl (C=O) groups excluding carboxylic acids is 1. The summed E-state index contributed by atoms with van der Waals surface area (Å²) < 4.78 is 0. The van der Waals surface area contributed by atoms with E-state index in [1.165, 1.54) is 84.0 Å². The Morgan fingerprint density at radius 3 is 1.27 bits per heavy atom. The molecule has 0 aliphatic heterocycles. The van der Waals surface area contributed by atoms with E-state index in [2.05, 4.69) is 13.8 Å². The summed E-state index contributed by atoms with van der Waals surface area (Å²) in [6, 6.07) is -0.647. The number of aliphatic hydroxyl groups excluding tert-OH is 3. The van der Waals surface area contributed by atoms with Gasteiger partial charge in [0.05, 0.1) is 24.9 Å². The fourth-order valence-electron chi connectivity index (χ4n) is 4.58. The molecule has 0 heterocycles. The van der Waals surface area contributed by atoms with Crippen molar-refractivity contribution in [3.8, 4) is 0 Å². The normalized spacial score (nSPS) is 14.5. The Bertz CT molecular complexity index is 404. The highest BCUT2D eigenvalue weighted by atomic mass is 16.3. The lowest BCUT2D eigenvalue weighted by atomic mass is 10.0. The van der Waals surface area contributed by atoms with Gasteiger partial charge in [0, 0.05) is 13.1 Å². The molecular weight excluding hydrogens is 414 g/mol. The van der Waals surface area contributed by atoms with Gasteiger partial charge in [0.1, 0.15) is 5.78 Å². The summed E-state index contributed by atoms with van der Waals surface area (Å²) in [5, 5.41) is 30.8. The Morgan fingerprint density at radius 1 is 0.636 bits per heavy atom. The van der Waals surface area contributed by atoms with Crippen molar-refractivity contribution in [1.29, 1.82) is 0 Å². The topological polar surface area (TPSA) is 81.0 Å². The quantitative estimate of drug-likeness (QED) is 0.142. The van der Waals surface area contributed by atoms with Crippen LogP contribution in [0.3, 0.4) is 0 Å². The van der Waals surface area contributed by atoms with Gasteiger partial charge in [0.25, 0.3) is 0 Å². The second kappa shape index (κ2) is 23.3. The fraction of sp³-hybridized carbons (Fsp3) is 0.964. The van der Waals surface area contributed by atoms with Crippen LogP contribution in [0.25, 0.3) is 0 Å². The third-order valence-corrected chi connectivity index (χ3v) is 6.76. The van der Waals surface area contributed by atoms with Gasteiger partial charge in [-0.3, -0.25) is 9.69 Å². The Balaban J connectivity index is 4.25. The standard InChI is InChI=1S/C28H57NO4/c1-4-6-8-10-12-14-16-18-20-26(32)22-29(28(24-30)25(3)31)23-27(33)21-19-17-15-13-11-9-7-5-2/h26-28,30,32-33H,4-24H2,1-3H3. The van der Waals surface area contributed by atoms with Crippen LogP contribution in [0, 0.1) is 0 Å². The van der Waals surface area contributed by atoms with Gasteiger partial charge < -0.3 is 15.3 Å². The first-order valence-electron chi connectivity index (χ1n) is 14.2. The highest BCUT2D eigenvalue weighted by molar-refractivity contribution is 5.81. The zero-order valence-electron chi connectivity index (χ0n) is 22.3. The Labute approximate surface area is 205 Å². The molecule has 5 nitrogen and oxygen atoms in total. The summed E-state index contributed by atoms with van der Waals surface area (Å²) in [5.41, 5.74) is 0. The smallest absolute Gasteiger partial charge is 0.149 e. The van der Waals surface area contributed by atoms with E-state index in [4.69, 9.17) is 0 Å². The maximum atomic E-state index is 12.0. The van der Waals surface area contributed by atoms with E-state index in [0.717, 1.165) is 25.7 Å². The number of nitrogens with zero attached hydrogens (tertiary/aromatic N) is 1. The zero-order valence-corrected chi connectivity index (χ0v) is 22.3. The van der Waals surface area contributed by atoms with Gasteiger partial charge in [-0.2, -0.15) is 0 Å². The molecule has 3 N–H and O–H groups in total. The highest BCUT2D eigenvalue weighted by Crippen LogP contribution is 2.15. The van der Waals surface area contributed by atoms with Crippen LogP contribution in [-0.4, -0.2) is 63.9 Å². The first kappa shape index (κ1) is 32.5. The lowest BCUT2D eigenvalue weighted by molar-refractivity contribution is -0.124. The minimum absolute atomic E-state index is 0.115. The van der Waals surface area contributed by atoms with Gasteiger partial charge >= 0.3 is 0 Å². The van der Waals surface area contributed by atoms with E-state index in [1.807, 2.05) is 0 Å². The molecule has 0 spiro atoms. The lowest BCUT2D eigenvalue weighted by Crippen LogP contribution is -2.49. The SMILES string of the molecule is CCCCCCCCCCC(O)CN(CC(O)CCCCCCCCCC)C(CO)C(C)=O. The van der Waals surface area contributed by atoms with E-state index < -0.39 is 18.2 Å². The first-order valence-corrected chi connectivity index (χ1v) is 14.2. The van der Waals surface area contributed by atoms with Crippen LogP contribution >= 0.6 is 0 Å². The molecule has 0 bridgehead atoms. The van der Waals surface area contributed by atoms with Crippen LogP contribution < -0.4 is 0 Å². The van der Waals surface area contributed by atoms with Crippen molar-refractivity contribution in [3.05, 3.63) is 0 Å². The Kier molecular flexibility index (Phi) is 22.9. The summed E-state index contributed by atoms with van der Waals surface area (Å²) in [6.45, 7) is 6.32. The average Bonchev–Trinajstić information content (AvgIpc) is 2.77. The van der Waals surface area contributed by atoms with Crippen LogP contribution in [0.5, 0.6) is 0 Å². The van der Waals surface area contributed by atoms with Crippen molar-refractivity contribution in [2.45, 2.75) is 155 Å². The summed E-state index contributed by atoms with van der Waals surface area (Å²) >= 11 is 0. The second-order valence-corrected chi connectivity index (χ2v) is 10.1. The average molecular weight is 472 g/mol. The molecule has 3 atom stereocenters. The van der Waals surface area contributed by atoms with E-state index in [-0.39, 0.29) is 12.4 Å². The minimum Gasteiger partial charge on any atom is -0.394 e. The molecule has 0 aromatic heterocycles. The van der Waals surface area contributed by atoms with Crippen LogP contribution in [0.4, 0.5) is 0 Å². The maximum Gasteiger partial charge on any atom is 0.149 e. The van der Waals surface area contributed by atoms with Gasteiger partial charge in [-0.15, -0.1) is 0 Å². The van der Waals surface area contributed by atoms with E-state index in [1.54, 1.807) is 4.90 Å². The zero-order chi connectivity index (χ0) is 24.7. The number of rotatable bonds is 25. The molecule has 0 aliphatic carbocycles. The number of unbranched alkanes of at least 4 members (excludes halogenated alkanes) is 14. The van der Waals surface area contributed by atoms with Gasteiger partial charge in [0.2, 0.25) is 0 Å². The largest absolute Gasteiger partial charge is 0.394 e. The fourth-order valence-corrected chi connectivity index (χ4v) is 4.58. The van der Waals surface area contributed by atoms with Gasteiger partial charge in [-0.25, -0.2) is 0 Å². The predicted molar refractivity (Wildman–Crippen MR) is 140 cm³/mol. The molecule has 0 aromatic rings. The Morgan fingerprint density at radius 2 is 0.970 bits per heavy atom. The summed E-state index contributed by atoms with van der Waals surface area (Å²) in [5.74, 6) is -0.115. The highest BCUT2D eigenvalue weighted by Gasteiger charge is 2.26. The molecule has 0 fully saturated rings. The summed E-state index contributed by atoms with van der Waals surface area (Å²) in [7, 11) is 0. The molecule has 0 saturated heterocycles. The molecule has 33 heavy (non-hydrogen) atoms. The molecule has 0 saturated carbocycles. The number of carbonyl (C=O) groups is 1. The predicted octanol–water partition coefficient (Wildman–Crippen LogP) is 6.02. The van der Waals surface area contributed by atoms with Gasteiger partial charge in [-0.1, -0.05) is 117 Å². The van der Waals surface area contributed by atoms with Crippen LogP contribution in [0.2, 0.25) is 0 Å². The molecular formula is C28H57NO4. The van der Waals surface area contributed by atoms with Crippen molar-refractivity contribution >= 4 is 5.78 Å². The molecule has 3 unspecified atom stereocenters. The monoisotopic (exact) mass is 471 g/mol. The third-order valence-electron chi connectivity index (χ3n) is 6.76. The number of aliphatic hydroxyl groups is 3. The molecule has 5 heteroatoms. The third kappa shape index (κ3) is 19.5. The summed E-state index contributed by atoms with van der Waals surface area (Å²) in [4.78, 5) is 13.8. The number of hydrogen-bond acceptors (Lipinski definition) is 5. The van der Waals surface area contributed by atoms with Crippen molar-refractivity contribution in [2.75, 3.05) is 19.7 Å².